The largest absolute Gasteiger partial charge is 0.465 e. The molecule has 0 spiro atoms. The van der Waals surface area contributed by atoms with E-state index >= 15 is 0 Å². The van der Waals surface area contributed by atoms with E-state index in [0.717, 1.165) is 73.3 Å². The molecule has 35 heavy (non-hydrogen) atoms. The van der Waals surface area contributed by atoms with Crippen LogP contribution >= 0.6 is 11.3 Å². The molecule has 1 aliphatic heterocycles. The van der Waals surface area contributed by atoms with Crippen LogP contribution in [0.5, 0.6) is 0 Å². The fraction of sp³-hybridized carbons (Fsp3) is 0.462. The summed E-state index contributed by atoms with van der Waals surface area (Å²) < 4.78 is 7.14. The lowest BCUT2D eigenvalue weighted by molar-refractivity contribution is -0.131. The molecule has 0 bridgehead atoms. The van der Waals surface area contributed by atoms with E-state index in [1.807, 2.05) is 24.5 Å². The second-order valence-corrected chi connectivity index (χ2v) is 10.6. The van der Waals surface area contributed by atoms with Crippen LogP contribution in [-0.4, -0.2) is 46.4 Å². The molecule has 184 valence electrons. The number of esters is 1. The molecule has 2 aliphatic carbocycles. The summed E-state index contributed by atoms with van der Waals surface area (Å²) in [5, 5.41) is 3.15. The number of amides is 4. The lowest BCUT2D eigenvalue weighted by Gasteiger charge is -2.31. The normalized spacial score (nSPS) is 19.9. The second kappa shape index (κ2) is 9.11. The van der Waals surface area contributed by atoms with E-state index in [1.54, 1.807) is 17.4 Å². The van der Waals surface area contributed by atoms with E-state index in [4.69, 9.17) is 4.74 Å². The first kappa shape index (κ1) is 23.5. The Morgan fingerprint density at radius 3 is 2.54 bits per heavy atom. The molecule has 0 atom stereocenters. The number of barbiturate groups is 1. The topological polar surface area (TPSA) is 97.7 Å². The molecule has 0 aromatic carbocycles. The van der Waals surface area contributed by atoms with Gasteiger partial charge in [-0.15, -0.1) is 11.3 Å². The lowest BCUT2D eigenvalue weighted by atomic mass is 9.95. The SMILES string of the molecule is COC(=O)c1c(-n2c(C)cc(/C=C3/C(=O)NC(=O)N(C4CCCC4)C3=O)c2C)sc2c1CCCC2. The fourth-order valence-corrected chi connectivity index (χ4v) is 7.08. The van der Waals surface area contributed by atoms with Crippen molar-refractivity contribution in [2.75, 3.05) is 7.11 Å². The molecular weight excluding hydrogens is 466 g/mol. The van der Waals surface area contributed by atoms with Gasteiger partial charge in [0.25, 0.3) is 11.8 Å². The molecule has 1 N–H and O–H groups in total. The third-order valence-electron chi connectivity index (χ3n) is 7.34. The van der Waals surface area contributed by atoms with Gasteiger partial charge in [-0.05, 0) is 75.6 Å². The summed E-state index contributed by atoms with van der Waals surface area (Å²) in [6.45, 7) is 3.84. The number of carbonyl (C=O) groups is 4. The zero-order valence-corrected chi connectivity index (χ0v) is 21.0. The molecule has 1 saturated carbocycles. The van der Waals surface area contributed by atoms with Gasteiger partial charge in [0.15, 0.2) is 0 Å². The summed E-state index contributed by atoms with van der Waals surface area (Å²) in [5.41, 5.74) is 4.02. The van der Waals surface area contributed by atoms with Gasteiger partial charge < -0.3 is 9.30 Å². The Balaban J connectivity index is 1.58. The molecule has 8 nitrogen and oxygen atoms in total. The molecule has 0 radical (unpaired) electrons. The summed E-state index contributed by atoms with van der Waals surface area (Å²) in [6.07, 6.45) is 8.95. The van der Waals surface area contributed by atoms with Crippen molar-refractivity contribution in [2.24, 2.45) is 0 Å². The zero-order valence-electron chi connectivity index (χ0n) is 20.2. The maximum absolute atomic E-state index is 13.2. The second-order valence-electron chi connectivity index (χ2n) is 9.48. The van der Waals surface area contributed by atoms with Gasteiger partial charge >= 0.3 is 12.0 Å². The number of ether oxygens (including phenoxy) is 1. The monoisotopic (exact) mass is 495 g/mol. The molecule has 5 rings (SSSR count). The average molecular weight is 496 g/mol. The number of aryl methyl sites for hydroxylation is 2. The van der Waals surface area contributed by atoms with Crippen LogP contribution < -0.4 is 5.32 Å². The lowest BCUT2D eigenvalue weighted by Crippen LogP contribution is -2.57. The minimum atomic E-state index is -0.680. The molecule has 9 heteroatoms. The van der Waals surface area contributed by atoms with Gasteiger partial charge in [0.2, 0.25) is 0 Å². The first-order valence-corrected chi connectivity index (χ1v) is 13.0. The van der Waals surface area contributed by atoms with Crippen molar-refractivity contribution in [3.63, 3.8) is 0 Å². The highest BCUT2D eigenvalue weighted by molar-refractivity contribution is 7.15. The summed E-state index contributed by atoms with van der Waals surface area (Å²) >= 11 is 1.61. The van der Waals surface area contributed by atoms with Crippen molar-refractivity contribution in [1.82, 2.24) is 14.8 Å². The number of nitrogens with one attached hydrogen (secondary N) is 1. The Bertz CT molecular complexity index is 1280. The highest BCUT2D eigenvalue weighted by Gasteiger charge is 2.41. The molecule has 1 saturated heterocycles. The quantitative estimate of drug-likeness (QED) is 0.389. The molecule has 3 aliphatic rings. The van der Waals surface area contributed by atoms with Gasteiger partial charge in [0.1, 0.15) is 10.6 Å². The van der Waals surface area contributed by atoms with Crippen molar-refractivity contribution in [3.05, 3.63) is 44.6 Å². The van der Waals surface area contributed by atoms with Crippen LogP contribution in [0.3, 0.4) is 0 Å². The molecular formula is C26H29N3O5S. The Morgan fingerprint density at radius 1 is 1.11 bits per heavy atom. The van der Waals surface area contributed by atoms with Crippen molar-refractivity contribution < 1.29 is 23.9 Å². The van der Waals surface area contributed by atoms with Gasteiger partial charge in [-0.1, -0.05) is 12.8 Å². The molecule has 2 aromatic rings. The van der Waals surface area contributed by atoms with Crippen molar-refractivity contribution in [1.29, 1.82) is 0 Å². The van der Waals surface area contributed by atoms with Gasteiger partial charge in [-0.3, -0.25) is 19.8 Å². The van der Waals surface area contributed by atoms with E-state index < -0.39 is 17.8 Å². The van der Waals surface area contributed by atoms with Crippen molar-refractivity contribution in [3.8, 4) is 5.00 Å². The van der Waals surface area contributed by atoms with Crippen LogP contribution in [0.2, 0.25) is 0 Å². The molecule has 2 aromatic heterocycles. The fourth-order valence-electron chi connectivity index (χ4n) is 5.59. The Kier molecular flexibility index (Phi) is 6.13. The van der Waals surface area contributed by atoms with Gasteiger partial charge in [-0.2, -0.15) is 0 Å². The van der Waals surface area contributed by atoms with Crippen LogP contribution in [0.1, 0.15) is 76.3 Å². The number of methoxy groups -OCH3 is 1. The van der Waals surface area contributed by atoms with Gasteiger partial charge in [-0.25, -0.2) is 9.59 Å². The maximum Gasteiger partial charge on any atom is 0.341 e. The first-order chi connectivity index (χ1) is 16.8. The number of imide groups is 2. The number of urea groups is 1. The van der Waals surface area contributed by atoms with Crippen LogP contribution in [0.25, 0.3) is 11.1 Å². The van der Waals surface area contributed by atoms with Crippen LogP contribution in [-0.2, 0) is 27.2 Å². The minimum absolute atomic E-state index is 0.0459. The number of fused-ring (bicyclic) bond motifs is 1. The smallest absolute Gasteiger partial charge is 0.341 e. The Morgan fingerprint density at radius 2 is 1.83 bits per heavy atom. The summed E-state index contributed by atoms with van der Waals surface area (Å²) in [4.78, 5) is 53.5. The first-order valence-electron chi connectivity index (χ1n) is 12.1. The molecule has 3 heterocycles. The van der Waals surface area contributed by atoms with Crippen molar-refractivity contribution >= 4 is 41.2 Å². The average Bonchev–Trinajstić information content (AvgIpc) is 3.54. The predicted molar refractivity (Wildman–Crippen MR) is 132 cm³/mol. The van der Waals surface area contributed by atoms with E-state index in [1.165, 1.54) is 16.9 Å². The summed E-state index contributed by atoms with van der Waals surface area (Å²) in [7, 11) is 1.40. The number of nitrogens with zero attached hydrogens (tertiary/aromatic N) is 2. The van der Waals surface area contributed by atoms with E-state index in [0.29, 0.717) is 11.1 Å². The van der Waals surface area contributed by atoms with Crippen LogP contribution in [0.4, 0.5) is 4.79 Å². The Labute approximate surface area is 207 Å². The number of hydrogen-bond acceptors (Lipinski definition) is 6. The Hall–Kier alpha value is -3.20. The third-order valence-corrected chi connectivity index (χ3v) is 8.62. The van der Waals surface area contributed by atoms with Crippen LogP contribution in [0.15, 0.2) is 11.6 Å². The minimum Gasteiger partial charge on any atom is -0.465 e. The number of rotatable bonds is 4. The highest BCUT2D eigenvalue weighted by Crippen LogP contribution is 2.39. The van der Waals surface area contributed by atoms with Crippen LogP contribution in [0, 0.1) is 13.8 Å². The molecule has 0 unspecified atom stereocenters. The maximum atomic E-state index is 13.2. The van der Waals surface area contributed by atoms with Gasteiger partial charge in [0.05, 0.1) is 12.7 Å². The van der Waals surface area contributed by atoms with E-state index in [2.05, 4.69) is 5.32 Å². The van der Waals surface area contributed by atoms with E-state index in [-0.39, 0.29) is 17.6 Å². The number of thiophene rings is 1. The van der Waals surface area contributed by atoms with Gasteiger partial charge in [0, 0.05) is 22.3 Å². The third kappa shape index (κ3) is 3.91. The van der Waals surface area contributed by atoms with E-state index in [9.17, 15) is 19.2 Å². The number of aromatic nitrogens is 1. The van der Waals surface area contributed by atoms with Crippen molar-refractivity contribution in [2.45, 2.75) is 71.3 Å². The standard InChI is InChI=1S/C26H29N3O5S/c1-14-12-16(13-19-22(30)27-26(33)29(23(19)31)17-8-4-5-9-17)15(2)28(14)24-21(25(32)34-3)18-10-6-7-11-20(18)35-24/h12-13,17H,4-11H2,1-3H3,(H,27,30,33)/b19-13-. The number of carbonyl (C=O) groups excluding carboxylic acids is 4. The summed E-state index contributed by atoms with van der Waals surface area (Å²) in [6, 6.07) is 1.09. The predicted octanol–water partition coefficient (Wildman–Crippen LogP) is 4.23. The molecule has 2 fully saturated rings. The number of hydrogen-bond donors (Lipinski definition) is 1. The molecule has 4 amide bonds. The zero-order chi connectivity index (χ0) is 24.9. The summed E-state index contributed by atoms with van der Waals surface area (Å²) in [5.74, 6) is -1.57. The highest BCUT2D eigenvalue weighted by atomic mass is 32.1.